The second-order valence-corrected chi connectivity index (χ2v) is 4.86. The highest BCUT2D eigenvalue weighted by Gasteiger charge is 2.38. The lowest BCUT2D eigenvalue weighted by molar-refractivity contribution is 0.157. The lowest BCUT2D eigenvalue weighted by Crippen LogP contribution is -2.26. The van der Waals surface area contributed by atoms with Gasteiger partial charge in [-0.05, 0) is 29.2 Å². The van der Waals surface area contributed by atoms with Crippen molar-refractivity contribution in [2.24, 2.45) is 0 Å². The van der Waals surface area contributed by atoms with Crippen LogP contribution in [-0.4, -0.2) is 13.7 Å². The summed E-state index contributed by atoms with van der Waals surface area (Å²) in [5.41, 5.74) is 5.44. The van der Waals surface area contributed by atoms with Crippen molar-refractivity contribution in [3.05, 3.63) is 59.7 Å². The van der Waals surface area contributed by atoms with E-state index in [1.54, 1.807) is 7.11 Å². The molecule has 0 saturated heterocycles. The maximum atomic E-state index is 5.44. The fourth-order valence-electron chi connectivity index (χ4n) is 2.99. The molecule has 0 fully saturated rings. The Morgan fingerprint density at radius 2 is 1.35 bits per heavy atom. The molecule has 0 aliphatic heterocycles. The van der Waals surface area contributed by atoms with E-state index < -0.39 is 0 Å². The van der Waals surface area contributed by atoms with E-state index in [1.807, 2.05) is 0 Å². The largest absolute Gasteiger partial charge is 0.383 e. The van der Waals surface area contributed by atoms with Gasteiger partial charge in [0.05, 0.1) is 6.61 Å². The highest BCUT2D eigenvalue weighted by atomic mass is 16.5. The van der Waals surface area contributed by atoms with Gasteiger partial charge < -0.3 is 4.74 Å². The standard InChI is InChI=1S/C16H16O/c1-16(11-17-2)14-9-5-3-7-12(14)13-8-4-6-10-15(13)16/h3-10H,11H2,1-2H3. The topological polar surface area (TPSA) is 9.23 Å². The summed E-state index contributed by atoms with van der Waals surface area (Å²) in [6, 6.07) is 17.3. The third kappa shape index (κ3) is 1.36. The number of hydrogen-bond donors (Lipinski definition) is 0. The molecule has 2 aromatic rings. The zero-order chi connectivity index (χ0) is 11.9. The van der Waals surface area contributed by atoms with Gasteiger partial charge in [-0.3, -0.25) is 0 Å². The maximum Gasteiger partial charge on any atom is 0.0597 e. The second kappa shape index (κ2) is 3.71. The summed E-state index contributed by atoms with van der Waals surface area (Å²) in [7, 11) is 1.77. The van der Waals surface area contributed by atoms with Crippen LogP contribution < -0.4 is 0 Å². The molecule has 0 unspecified atom stereocenters. The van der Waals surface area contributed by atoms with Crippen LogP contribution in [0.1, 0.15) is 18.1 Å². The predicted molar refractivity (Wildman–Crippen MR) is 70.2 cm³/mol. The van der Waals surface area contributed by atoms with Crippen LogP contribution in [-0.2, 0) is 10.2 Å². The average molecular weight is 224 g/mol. The van der Waals surface area contributed by atoms with E-state index in [0.717, 1.165) is 6.61 Å². The molecule has 0 atom stereocenters. The molecule has 3 rings (SSSR count). The van der Waals surface area contributed by atoms with Crippen molar-refractivity contribution in [3.63, 3.8) is 0 Å². The molecule has 17 heavy (non-hydrogen) atoms. The molecule has 0 N–H and O–H groups in total. The van der Waals surface area contributed by atoms with E-state index in [2.05, 4.69) is 55.5 Å². The van der Waals surface area contributed by atoms with Gasteiger partial charge in [0, 0.05) is 12.5 Å². The summed E-state index contributed by atoms with van der Waals surface area (Å²) < 4.78 is 5.44. The molecule has 0 radical (unpaired) electrons. The minimum absolute atomic E-state index is 0.0120. The van der Waals surface area contributed by atoms with Gasteiger partial charge in [0.1, 0.15) is 0 Å². The van der Waals surface area contributed by atoms with Crippen molar-refractivity contribution in [1.29, 1.82) is 0 Å². The monoisotopic (exact) mass is 224 g/mol. The summed E-state index contributed by atoms with van der Waals surface area (Å²) in [5.74, 6) is 0. The van der Waals surface area contributed by atoms with E-state index in [0.29, 0.717) is 0 Å². The highest BCUT2D eigenvalue weighted by molar-refractivity contribution is 5.80. The first-order valence-corrected chi connectivity index (χ1v) is 5.96. The van der Waals surface area contributed by atoms with Crippen LogP contribution in [0.5, 0.6) is 0 Å². The van der Waals surface area contributed by atoms with Gasteiger partial charge in [0.2, 0.25) is 0 Å². The Kier molecular flexibility index (Phi) is 2.30. The SMILES string of the molecule is COCC1(C)c2ccccc2-c2ccccc21. The zero-order valence-electron chi connectivity index (χ0n) is 10.2. The molecule has 0 aromatic heterocycles. The first-order chi connectivity index (χ1) is 8.27. The molecule has 0 bridgehead atoms. The van der Waals surface area contributed by atoms with E-state index >= 15 is 0 Å². The Labute approximate surface area is 102 Å². The van der Waals surface area contributed by atoms with Crippen molar-refractivity contribution >= 4 is 0 Å². The minimum Gasteiger partial charge on any atom is -0.383 e. The lowest BCUT2D eigenvalue weighted by Gasteiger charge is -2.26. The van der Waals surface area contributed by atoms with Crippen LogP contribution in [0.4, 0.5) is 0 Å². The molecule has 1 aliphatic carbocycles. The van der Waals surface area contributed by atoms with Crippen molar-refractivity contribution in [1.82, 2.24) is 0 Å². The van der Waals surface area contributed by atoms with Crippen LogP contribution >= 0.6 is 0 Å². The molecule has 1 nitrogen and oxygen atoms in total. The predicted octanol–water partition coefficient (Wildman–Crippen LogP) is 3.62. The highest BCUT2D eigenvalue weighted by Crippen LogP contribution is 2.48. The molecule has 1 aliphatic rings. The van der Waals surface area contributed by atoms with Gasteiger partial charge in [-0.2, -0.15) is 0 Å². The van der Waals surface area contributed by atoms with Crippen molar-refractivity contribution in [3.8, 4) is 11.1 Å². The Balaban J connectivity index is 2.31. The van der Waals surface area contributed by atoms with E-state index in [1.165, 1.54) is 22.3 Å². The van der Waals surface area contributed by atoms with Gasteiger partial charge in [-0.15, -0.1) is 0 Å². The number of hydrogen-bond acceptors (Lipinski definition) is 1. The molecule has 0 heterocycles. The fourth-order valence-corrected chi connectivity index (χ4v) is 2.99. The molecule has 0 saturated carbocycles. The summed E-state index contributed by atoms with van der Waals surface area (Å²) >= 11 is 0. The van der Waals surface area contributed by atoms with E-state index in [4.69, 9.17) is 4.74 Å². The maximum absolute atomic E-state index is 5.44. The average Bonchev–Trinajstić information content (AvgIpc) is 2.62. The van der Waals surface area contributed by atoms with Crippen molar-refractivity contribution in [2.45, 2.75) is 12.3 Å². The van der Waals surface area contributed by atoms with Gasteiger partial charge in [0.15, 0.2) is 0 Å². The smallest absolute Gasteiger partial charge is 0.0597 e. The van der Waals surface area contributed by atoms with E-state index in [-0.39, 0.29) is 5.41 Å². The van der Waals surface area contributed by atoms with Crippen molar-refractivity contribution < 1.29 is 4.74 Å². The Morgan fingerprint density at radius 1 is 0.882 bits per heavy atom. The third-order valence-electron chi connectivity index (χ3n) is 3.77. The quantitative estimate of drug-likeness (QED) is 0.757. The molecule has 1 heteroatoms. The molecule has 2 aromatic carbocycles. The first kappa shape index (κ1) is 10.5. The van der Waals surface area contributed by atoms with Gasteiger partial charge in [0.25, 0.3) is 0 Å². The molecule has 0 spiro atoms. The summed E-state index contributed by atoms with van der Waals surface area (Å²) in [6.45, 7) is 2.99. The number of fused-ring (bicyclic) bond motifs is 3. The van der Waals surface area contributed by atoms with Crippen LogP contribution in [0.25, 0.3) is 11.1 Å². The molecular weight excluding hydrogens is 208 g/mol. The van der Waals surface area contributed by atoms with Gasteiger partial charge in [-0.25, -0.2) is 0 Å². The Morgan fingerprint density at radius 3 is 1.82 bits per heavy atom. The molecule has 0 amide bonds. The number of methoxy groups -OCH3 is 1. The zero-order valence-corrected chi connectivity index (χ0v) is 10.2. The Bertz CT molecular complexity index is 511. The third-order valence-corrected chi connectivity index (χ3v) is 3.77. The fraction of sp³-hybridized carbons (Fsp3) is 0.250. The van der Waals surface area contributed by atoms with Gasteiger partial charge in [-0.1, -0.05) is 48.5 Å². The number of ether oxygens (including phenoxy) is 1. The van der Waals surface area contributed by atoms with Crippen molar-refractivity contribution in [2.75, 3.05) is 13.7 Å². The number of benzene rings is 2. The Hall–Kier alpha value is -1.60. The summed E-state index contributed by atoms with van der Waals surface area (Å²) in [6.07, 6.45) is 0. The van der Waals surface area contributed by atoms with E-state index in [9.17, 15) is 0 Å². The van der Waals surface area contributed by atoms with Crippen LogP contribution in [0.3, 0.4) is 0 Å². The lowest BCUT2D eigenvalue weighted by atomic mass is 9.81. The summed E-state index contributed by atoms with van der Waals surface area (Å²) in [4.78, 5) is 0. The second-order valence-electron chi connectivity index (χ2n) is 4.86. The van der Waals surface area contributed by atoms with Crippen LogP contribution in [0, 0.1) is 0 Å². The van der Waals surface area contributed by atoms with Gasteiger partial charge >= 0.3 is 0 Å². The minimum atomic E-state index is -0.0120. The van der Waals surface area contributed by atoms with Crippen LogP contribution in [0.2, 0.25) is 0 Å². The normalized spacial score (nSPS) is 15.4. The van der Waals surface area contributed by atoms with Crippen LogP contribution in [0.15, 0.2) is 48.5 Å². The molecular formula is C16H16O. The first-order valence-electron chi connectivity index (χ1n) is 5.96. The number of rotatable bonds is 2. The summed E-state index contributed by atoms with van der Waals surface area (Å²) in [5, 5.41) is 0. The molecule has 86 valence electrons.